The van der Waals surface area contributed by atoms with Gasteiger partial charge in [0, 0.05) is 42.0 Å². The number of hydrogen-bond donors (Lipinski definition) is 7. The van der Waals surface area contributed by atoms with Crippen LogP contribution in [0.5, 0.6) is 17.2 Å². The molecule has 0 amide bonds. The van der Waals surface area contributed by atoms with E-state index in [9.17, 15) is 35.1 Å². The van der Waals surface area contributed by atoms with Gasteiger partial charge in [-0.25, -0.2) is 0 Å². The zero-order chi connectivity index (χ0) is 29.1. The maximum absolute atomic E-state index is 13.7. The molecule has 7 unspecified atom stereocenters. The van der Waals surface area contributed by atoms with Crippen molar-refractivity contribution in [1.82, 2.24) is 5.32 Å². The van der Waals surface area contributed by atoms with Crippen molar-refractivity contribution in [3.8, 4) is 17.2 Å². The number of ketones is 2. The standard InChI is InChI=1S/C28H34N2O10/c1-11-23(32)14(29)7-18(39-11)40-16-9-28(37,17(10-31)30-2)8-13-20(16)27(36)22-21(25(13)34)24(33)12-5-4-6-15(38-3)19(12)26(22)35/h4-6,11,14,16-18,23,30-32,34,36-37H,7-10,29H2,1-3H3. The van der Waals surface area contributed by atoms with Gasteiger partial charge in [-0.15, -0.1) is 0 Å². The Bertz CT molecular complexity index is 1350. The Morgan fingerprint density at radius 1 is 1.18 bits per heavy atom. The molecule has 12 nitrogen and oxygen atoms in total. The van der Waals surface area contributed by atoms with Crippen LogP contribution in [-0.4, -0.2) is 94.0 Å². The Balaban J connectivity index is 1.69. The van der Waals surface area contributed by atoms with Crippen LogP contribution in [0, 0.1) is 0 Å². The van der Waals surface area contributed by atoms with Gasteiger partial charge < -0.3 is 50.8 Å². The SMILES string of the molecule is CNC(CO)C1(O)Cc2c(O)c3c(c(O)c2C(OC2CC(N)C(O)C(C)O2)C1)C(=O)c1c(OC)cccc1C3=O. The van der Waals surface area contributed by atoms with Gasteiger partial charge in [-0.3, -0.25) is 9.59 Å². The zero-order valence-electron chi connectivity index (χ0n) is 22.4. The molecule has 0 spiro atoms. The fraction of sp³-hybridized carbons (Fsp3) is 0.500. The second kappa shape index (κ2) is 10.4. The highest BCUT2D eigenvalue weighted by Gasteiger charge is 2.50. The highest BCUT2D eigenvalue weighted by molar-refractivity contribution is 6.31. The molecule has 1 saturated heterocycles. The summed E-state index contributed by atoms with van der Waals surface area (Å²) in [7, 11) is 2.90. The lowest BCUT2D eigenvalue weighted by Gasteiger charge is -2.45. The molecule has 2 aromatic carbocycles. The summed E-state index contributed by atoms with van der Waals surface area (Å²) in [5.41, 5.74) is 3.57. The number of aliphatic hydroxyl groups is 3. The lowest BCUT2D eigenvalue weighted by atomic mass is 9.71. The third-order valence-corrected chi connectivity index (χ3v) is 8.35. The van der Waals surface area contributed by atoms with Crippen molar-refractivity contribution in [3.05, 3.63) is 51.6 Å². The molecule has 0 saturated carbocycles. The van der Waals surface area contributed by atoms with Crippen molar-refractivity contribution in [2.45, 2.75) is 68.5 Å². The van der Waals surface area contributed by atoms with Gasteiger partial charge in [0.25, 0.3) is 0 Å². The van der Waals surface area contributed by atoms with E-state index in [-0.39, 0.29) is 52.8 Å². The van der Waals surface area contributed by atoms with Gasteiger partial charge >= 0.3 is 0 Å². The first-order chi connectivity index (χ1) is 19.0. The molecular formula is C28H34N2O10. The lowest BCUT2D eigenvalue weighted by Crippen LogP contribution is -2.56. The molecule has 2 aromatic rings. The molecule has 0 aromatic heterocycles. The summed E-state index contributed by atoms with van der Waals surface area (Å²) in [4.78, 5) is 27.3. The van der Waals surface area contributed by atoms with E-state index >= 15 is 0 Å². The van der Waals surface area contributed by atoms with Crippen LogP contribution in [0.1, 0.15) is 68.8 Å². The molecule has 216 valence electrons. The summed E-state index contributed by atoms with van der Waals surface area (Å²) in [5.74, 6) is -2.41. The molecule has 0 bridgehead atoms. The highest BCUT2D eigenvalue weighted by Crippen LogP contribution is 2.52. The lowest BCUT2D eigenvalue weighted by molar-refractivity contribution is -0.248. The summed E-state index contributed by atoms with van der Waals surface area (Å²) in [6.45, 7) is 1.16. The van der Waals surface area contributed by atoms with Crippen LogP contribution in [0.25, 0.3) is 0 Å². The highest BCUT2D eigenvalue weighted by atomic mass is 16.7. The fourth-order valence-electron chi connectivity index (χ4n) is 6.21. The predicted octanol–water partition coefficient (Wildman–Crippen LogP) is 0.0202. The molecule has 0 radical (unpaired) electrons. The van der Waals surface area contributed by atoms with E-state index in [1.807, 2.05) is 0 Å². The summed E-state index contributed by atoms with van der Waals surface area (Å²) in [5, 5.41) is 57.9. The first-order valence-electron chi connectivity index (χ1n) is 13.1. The Labute approximate surface area is 230 Å². The largest absolute Gasteiger partial charge is 0.507 e. The maximum Gasteiger partial charge on any atom is 0.202 e. The van der Waals surface area contributed by atoms with Crippen LogP contribution in [0.15, 0.2) is 18.2 Å². The quantitative estimate of drug-likeness (QED) is 0.200. The van der Waals surface area contributed by atoms with Gasteiger partial charge in [-0.05, 0) is 20.0 Å². The number of fused-ring (bicyclic) bond motifs is 3. The van der Waals surface area contributed by atoms with Gasteiger partial charge in [-0.1, -0.05) is 12.1 Å². The predicted molar refractivity (Wildman–Crippen MR) is 140 cm³/mol. The number of nitrogens with two attached hydrogens (primary N) is 1. The van der Waals surface area contributed by atoms with Gasteiger partial charge in [-0.2, -0.15) is 0 Å². The summed E-state index contributed by atoms with van der Waals surface area (Å²) in [6.07, 6.45) is -4.08. The van der Waals surface area contributed by atoms with Crippen molar-refractivity contribution in [2.24, 2.45) is 5.73 Å². The van der Waals surface area contributed by atoms with Gasteiger partial charge in [0.2, 0.25) is 5.78 Å². The third kappa shape index (κ3) is 4.27. The van der Waals surface area contributed by atoms with Gasteiger partial charge in [0.15, 0.2) is 12.1 Å². The number of phenols is 2. The monoisotopic (exact) mass is 558 g/mol. The van der Waals surface area contributed by atoms with Crippen molar-refractivity contribution < 1.29 is 49.3 Å². The zero-order valence-corrected chi connectivity index (χ0v) is 22.4. The number of ether oxygens (including phenoxy) is 3. The second-order valence-corrected chi connectivity index (χ2v) is 10.7. The molecule has 1 heterocycles. The number of aromatic hydroxyl groups is 2. The van der Waals surface area contributed by atoms with Crippen molar-refractivity contribution >= 4 is 11.6 Å². The van der Waals surface area contributed by atoms with Gasteiger partial charge in [0.05, 0.1) is 60.4 Å². The second-order valence-electron chi connectivity index (χ2n) is 10.7. The fourth-order valence-corrected chi connectivity index (χ4v) is 6.21. The third-order valence-electron chi connectivity index (χ3n) is 8.35. The molecule has 40 heavy (non-hydrogen) atoms. The molecule has 7 atom stereocenters. The number of hydrogen-bond acceptors (Lipinski definition) is 12. The number of methoxy groups -OCH3 is 1. The van der Waals surface area contributed by atoms with Gasteiger partial charge in [0.1, 0.15) is 17.2 Å². The molecule has 12 heteroatoms. The number of aliphatic hydroxyl groups excluding tert-OH is 2. The molecule has 3 aliphatic rings. The van der Waals surface area contributed by atoms with Crippen molar-refractivity contribution in [3.63, 3.8) is 0 Å². The molecule has 1 aliphatic heterocycles. The minimum Gasteiger partial charge on any atom is -0.507 e. The minimum atomic E-state index is -1.70. The first kappa shape index (κ1) is 28.4. The minimum absolute atomic E-state index is 0.00406. The number of carbonyl (C=O) groups is 2. The van der Waals surface area contributed by atoms with Crippen molar-refractivity contribution in [2.75, 3.05) is 20.8 Å². The number of phenolic OH excluding ortho intramolecular Hbond substituents is 2. The summed E-state index contributed by atoms with van der Waals surface area (Å²) < 4.78 is 17.3. The van der Waals surface area contributed by atoms with Crippen LogP contribution in [0.4, 0.5) is 0 Å². The molecule has 1 fully saturated rings. The molecule has 8 N–H and O–H groups in total. The topological polar surface area (TPSA) is 201 Å². The van der Waals surface area contributed by atoms with E-state index in [1.165, 1.54) is 25.3 Å². The number of benzene rings is 2. The Hall–Kier alpha value is -3.10. The van der Waals surface area contributed by atoms with E-state index < -0.39 is 77.5 Å². The molecule has 2 aliphatic carbocycles. The number of nitrogens with one attached hydrogen (secondary N) is 1. The van der Waals surface area contributed by atoms with E-state index in [0.29, 0.717) is 0 Å². The molecular weight excluding hydrogens is 524 g/mol. The van der Waals surface area contributed by atoms with Crippen molar-refractivity contribution in [1.29, 1.82) is 0 Å². The number of carbonyl (C=O) groups excluding carboxylic acids is 2. The smallest absolute Gasteiger partial charge is 0.202 e. The summed E-state index contributed by atoms with van der Waals surface area (Å²) in [6, 6.07) is 2.94. The normalized spacial score (nSPS) is 30.3. The van der Waals surface area contributed by atoms with E-state index in [4.69, 9.17) is 19.9 Å². The number of likely N-dealkylation sites (N-methyl/N-ethyl adjacent to an activating group) is 1. The van der Waals surface area contributed by atoms with E-state index in [1.54, 1.807) is 14.0 Å². The Morgan fingerprint density at radius 2 is 1.88 bits per heavy atom. The Morgan fingerprint density at radius 3 is 2.50 bits per heavy atom. The van der Waals surface area contributed by atoms with E-state index in [0.717, 1.165) is 0 Å². The van der Waals surface area contributed by atoms with E-state index in [2.05, 4.69) is 5.32 Å². The van der Waals surface area contributed by atoms with Crippen LogP contribution in [0.3, 0.4) is 0 Å². The molecule has 5 rings (SSSR count). The summed E-state index contributed by atoms with van der Waals surface area (Å²) >= 11 is 0. The maximum atomic E-state index is 13.7. The average Bonchev–Trinajstić information content (AvgIpc) is 2.92. The van der Waals surface area contributed by atoms with Crippen LogP contribution >= 0.6 is 0 Å². The van der Waals surface area contributed by atoms with Crippen LogP contribution in [0.2, 0.25) is 0 Å². The first-order valence-corrected chi connectivity index (χ1v) is 13.1. The van der Waals surface area contributed by atoms with Crippen LogP contribution < -0.4 is 15.8 Å². The van der Waals surface area contributed by atoms with Crippen LogP contribution in [-0.2, 0) is 15.9 Å². The number of rotatable bonds is 6. The average molecular weight is 559 g/mol. The Kier molecular flexibility index (Phi) is 7.38.